The Morgan fingerprint density at radius 3 is 2.38 bits per heavy atom. The van der Waals surface area contributed by atoms with Crippen molar-refractivity contribution in [2.24, 2.45) is 0 Å². The van der Waals surface area contributed by atoms with E-state index in [1.807, 2.05) is 13.0 Å². The van der Waals surface area contributed by atoms with Gasteiger partial charge in [0.2, 0.25) is 0 Å². The molecule has 2 atom stereocenters. The maximum absolute atomic E-state index is 12.3. The summed E-state index contributed by atoms with van der Waals surface area (Å²) >= 11 is 0. The summed E-state index contributed by atoms with van der Waals surface area (Å²) in [6.45, 7) is 3.62. The van der Waals surface area contributed by atoms with Crippen molar-refractivity contribution < 1.29 is 17.9 Å². The highest BCUT2D eigenvalue weighted by Crippen LogP contribution is 2.30. The first-order valence-electron chi connectivity index (χ1n) is 7.00. The lowest BCUT2D eigenvalue weighted by Crippen LogP contribution is -2.30. The fraction of sp³-hybridized carbons (Fsp3) is 0.600. The highest BCUT2D eigenvalue weighted by Gasteiger charge is 2.26. The summed E-state index contributed by atoms with van der Waals surface area (Å²) in [5.74, 6) is 1.34. The Morgan fingerprint density at radius 1 is 1.24 bits per heavy atom. The van der Waals surface area contributed by atoms with Gasteiger partial charge in [-0.15, -0.1) is 0 Å². The van der Waals surface area contributed by atoms with Crippen LogP contribution in [0.3, 0.4) is 0 Å². The fourth-order valence-electron chi connectivity index (χ4n) is 2.09. The van der Waals surface area contributed by atoms with Gasteiger partial charge in [-0.05, 0) is 26.5 Å². The Labute approximate surface area is 127 Å². The number of nitrogens with one attached hydrogen (secondary N) is 1. The molecule has 0 aromatic heterocycles. The molecule has 2 unspecified atom stereocenters. The van der Waals surface area contributed by atoms with E-state index in [0.717, 1.165) is 5.56 Å². The van der Waals surface area contributed by atoms with Crippen molar-refractivity contribution in [1.29, 1.82) is 0 Å². The zero-order valence-corrected chi connectivity index (χ0v) is 14.2. The smallest absolute Gasteiger partial charge is 0.154 e. The SMILES string of the molecule is CCC(C)S(=O)(=O)CC(NC)c1ccc(OC)cc1OC. The van der Waals surface area contributed by atoms with E-state index in [2.05, 4.69) is 5.32 Å². The van der Waals surface area contributed by atoms with Crippen LogP contribution in [-0.2, 0) is 9.84 Å². The van der Waals surface area contributed by atoms with E-state index in [-0.39, 0.29) is 17.0 Å². The van der Waals surface area contributed by atoms with Gasteiger partial charge in [0.25, 0.3) is 0 Å². The molecule has 21 heavy (non-hydrogen) atoms. The molecule has 0 saturated carbocycles. The molecule has 120 valence electrons. The lowest BCUT2D eigenvalue weighted by molar-refractivity contribution is 0.387. The monoisotopic (exact) mass is 315 g/mol. The molecule has 0 aliphatic carbocycles. The third-order valence-corrected chi connectivity index (χ3v) is 6.11. The molecule has 0 aliphatic rings. The molecular weight excluding hydrogens is 290 g/mol. The van der Waals surface area contributed by atoms with Crippen LogP contribution < -0.4 is 14.8 Å². The van der Waals surface area contributed by atoms with Gasteiger partial charge in [-0.2, -0.15) is 0 Å². The number of sulfone groups is 1. The highest BCUT2D eigenvalue weighted by molar-refractivity contribution is 7.92. The Hall–Kier alpha value is -1.27. The first-order valence-corrected chi connectivity index (χ1v) is 8.71. The van der Waals surface area contributed by atoms with Gasteiger partial charge in [-0.3, -0.25) is 0 Å². The molecule has 0 saturated heterocycles. The van der Waals surface area contributed by atoms with Crippen molar-refractivity contribution in [1.82, 2.24) is 5.32 Å². The normalized spacial score (nSPS) is 14.5. The fourth-order valence-corrected chi connectivity index (χ4v) is 3.73. The van der Waals surface area contributed by atoms with Gasteiger partial charge in [0.1, 0.15) is 11.5 Å². The maximum Gasteiger partial charge on any atom is 0.154 e. The van der Waals surface area contributed by atoms with E-state index < -0.39 is 9.84 Å². The summed E-state index contributed by atoms with van der Waals surface area (Å²) in [5.41, 5.74) is 0.813. The minimum Gasteiger partial charge on any atom is -0.497 e. The number of hydrogen-bond donors (Lipinski definition) is 1. The minimum absolute atomic E-state index is 0.0429. The highest BCUT2D eigenvalue weighted by atomic mass is 32.2. The predicted octanol–water partition coefficient (Wildman–Crippen LogP) is 2.18. The Balaban J connectivity index is 3.11. The van der Waals surface area contributed by atoms with Crippen LogP contribution in [-0.4, -0.2) is 40.7 Å². The van der Waals surface area contributed by atoms with Crippen LogP contribution in [0.15, 0.2) is 18.2 Å². The number of hydrogen-bond acceptors (Lipinski definition) is 5. The quantitative estimate of drug-likeness (QED) is 0.796. The van der Waals surface area contributed by atoms with Gasteiger partial charge in [-0.25, -0.2) is 8.42 Å². The molecule has 6 heteroatoms. The van der Waals surface area contributed by atoms with Crippen molar-refractivity contribution in [2.75, 3.05) is 27.0 Å². The molecular formula is C15H25NO4S. The first-order chi connectivity index (χ1) is 9.89. The summed E-state index contributed by atoms with van der Waals surface area (Å²) in [6, 6.07) is 5.09. The molecule has 1 aromatic rings. The third kappa shape index (κ3) is 4.35. The van der Waals surface area contributed by atoms with E-state index >= 15 is 0 Å². The summed E-state index contributed by atoms with van der Waals surface area (Å²) in [5, 5.41) is 2.72. The second-order valence-corrected chi connectivity index (χ2v) is 7.46. The van der Waals surface area contributed by atoms with Gasteiger partial charge in [0.15, 0.2) is 9.84 Å². The molecule has 0 amide bonds. The van der Waals surface area contributed by atoms with Gasteiger partial charge in [0.05, 0.1) is 25.2 Å². The summed E-state index contributed by atoms with van der Waals surface area (Å²) in [7, 11) is 1.74. The van der Waals surface area contributed by atoms with Crippen LogP contribution in [0, 0.1) is 0 Å². The molecule has 0 aliphatic heterocycles. The second kappa shape index (κ2) is 7.66. The average Bonchev–Trinajstić information content (AvgIpc) is 2.50. The minimum atomic E-state index is -3.16. The van der Waals surface area contributed by atoms with E-state index in [0.29, 0.717) is 17.9 Å². The molecule has 0 bridgehead atoms. The largest absolute Gasteiger partial charge is 0.497 e. The first kappa shape index (κ1) is 17.8. The van der Waals surface area contributed by atoms with E-state index in [4.69, 9.17) is 9.47 Å². The Kier molecular flexibility index (Phi) is 6.48. The van der Waals surface area contributed by atoms with Gasteiger partial charge < -0.3 is 14.8 Å². The van der Waals surface area contributed by atoms with Gasteiger partial charge in [-0.1, -0.05) is 13.0 Å². The van der Waals surface area contributed by atoms with Crippen molar-refractivity contribution >= 4 is 9.84 Å². The topological polar surface area (TPSA) is 64.6 Å². The van der Waals surface area contributed by atoms with E-state index in [9.17, 15) is 8.42 Å². The average molecular weight is 315 g/mol. The number of rotatable bonds is 8. The molecule has 0 heterocycles. The molecule has 1 aromatic carbocycles. The van der Waals surface area contributed by atoms with Crippen molar-refractivity contribution in [2.45, 2.75) is 31.6 Å². The summed E-state index contributed by atoms with van der Waals surface area (Å²) in [4.78, 5) is 0. The molecule has 1 N–H and O–H groups in total. The molecule has 5 nitrogen and oxygen atoms in total. The predicted molar refractivity (Wildman–Crippen MR) is 84.9 cm³/mol. The third-order valence-electron chi connectivity index (χ3n) is 3.75. The Morgan fingerprint density at radius 2 is 1.90 bits per heavy atom. The summed E-state index contributed by atoms with van der Waals surface area (Å²) in [6.07, 6.45) is 0.610. The van der Waals surface area contributed by atoms with Crippen LogP contribution in [0.5, 0.6) is 11.5 Å². The summed E-state index contributed by atoms with van der Waals surface area (Å²) < 4.78 is 35.2. The molecule has 0 fully saturated rings. The van der Waals surface area contributed by atoms with Crippen LogP contribution in [0.4, 0.5) is 0 Å². The lowest BCUT2D eigenvalue weighted by Gasteiger charge is -2.21. The van der Waals surface area contributed by atoms with Gasteiger partial charge >= 0.3 is 0 Å². The van der Waals surface area contributed by atoms with Crippen molar-refractivity contribution in [3.63, 3.8) is 0 Å². The van der Waals surface area contributed by atoms with Gasteiger partial charge in [0, 0.05) is 17.7 Å². The van der Waals surface area contributed by atoms with Crippen LogP contribution in [0.25, 0.3) is 0 Å². The number of ether oxygens (including phenoxy) is 2. The zero-order valence-electron chi connectivity index (χ0n) is 13.3. The molecule has 0 radical (unpaired) electrons. The molecule has 1 rings (SSSR count). The van der Waals surface area contributed by atoms with Crippen molar-refractivity contribution in [3.8, 4) is 11.5 Å². The van der Waals surface area contributed by atoms with Crippen molar-refractivity contribution in [3.05, 3.63) is 23.8 Å². The van der Waals surface area contributed by atoms with E-state index in [1.54, 1.807) is 40.3 Å². The Bertz CT molecular complexity index is 557. The van der Waals surface area contributed by atoms with E-state index in [1.165, 1.54) is 0 Å². The van der Waals surface area contributed by atoms with Crippen LogP contribution >= 0.6 is 0 Å². The second-order valence-electron chi connectivity index (χ2n) is 5.00. The van der Waals surface area contributed by atoms with Crippen LogP contribution in [0.2, 0.25) is 0 Å². The lowest BCUT2D eigenvalue weighted by atomic mass is 10.1. The number of methoxy groups -OCH3 is 2. The molecule has 0 spiro atoms. The standard InChI is InChI=1S/C15H25NO4S/c1-6-11(2)21(17,18)10-14(16-3)13-8-7-12(19-4)9-15(13)20-5/h7-9,11,14,16H,6,10H2,1-5H3. The zero-order chi connectivity index (χ0) is 16.0. The maximum atomic E-state index is 12.3. The number of benzene rings is 1. The van der Waals surface area contributed by atoms with Crippen LogP contribution in [0.1, 0.15) is 31.9 Å².